The van der Waals surface area contributed by atoms with E-state index in [-0.39, 0.29) is 11.6 Å². The van der Waals surface area contributed by atoms with E-state index >= 15 is 0 Å². The van der Waals surface area contributed by atoms with Crippen molar-refractivity contribution in [2.45, 2.75) is 13.3 Å². The molecule has 5 rings (SSSR count). The summed E-state index contributed by atoms with van der Waals surface area (Å²) in [5.41, 5.74) is 5.10. The van der Waals surface area contributed by atoms with E-state index in [0.29, 0.717) is 24.7 Å². The Bertz CT molecular complexity index is 1480. The van der Waals surface area contributed by atoms with Gasteiger partial charge in [-0.15, -0.1) is 0 Å². The number of benzene rings is 4. The summed E-state index contributed by atoms with van der Waals surface area (Å²) in [6.45, 7) is 2.90. The summed E-state index contributed by atoms with van der Waals surface area (Å²) in [4.78, 5) is 17.1. The summed E-state index contributed by atoms with van der Waals surface area (Å²) in [6.07, 6.45) is 2.47. The Balaban J connectivity index is 1.34. The number of hydrogen-bond donors (Lipinski definition) is 0. The number of rotatable bonds is 9. The van der Waals surface area contributed by atoms with Crippen LogP contribution in [0.25, 0.3) is 17.2 Å². The Morgan fingerprint density at radius 2 is 1.50 bits per heavy atom. The first kappa shape index (κ1) is 25.5. The van der Waals surface area contributed by atoms with Crippen LogP contribution in [-0.4, -0.2) is 25.1 Å². The van der Waals surface area contributed by atoms with Crippen molar-refractivity contribution in [3.05, 3.63) is 124 Å². The van der Waals surface area contributed by atoms with E-state index in [1.807, 2.05) is 79.7 Å². The van der Waals surface area contributed by atoms with E-state index in [1.54, 1.807) is 6.08 Å². The molecule has 0 aromatic heterocycles. The van der Waals surface area contributed by atoms with Crippen LogP contribution in [0.5, 0.6) is 11.5 Å². The van der Waals surface area contributed by atoms with Crippen LogP contribution in [-0.2, 0) is 16.0 Å². The number of ether oxygens (including phenoxy) is 3. The molecule has 0 N–H and O–H groups in total. The molecule has 0 saturated carbocycles. The fraction of sp³-hybridized carbons (Fsp3) is 0.125. The molecular formula is C32H26BrNO4. The van der Waals surface area contributed by atoms with Gasteiger partial charge in [0.25, 0.3) is 0 Å². The Kier molecular flexibility index (Phi) is 8.00. The van der Waals surface area contributed by atoms with E-state index in [4.69, 9.17) is 14.2 Å². The van der Waals surface area contributed by atoms with E-state index in [1.165, 1.54) is 5.56 Å². The number of esters is 1. The van der Waals surface area contributed by atoms with Crippen molar-refractivity contribution < 1.29 is 19.0 Å². The molecule has 0 bridgehead atoms. The van der Waals surface area contributed by atoms with Crippen molar-refractivity contribution in [1.82, 2.24) is 0 Å². The standard InChI is InChI=1S/C32H26BrNO4/c1-2-36-29-21-23(19-27(33)30(29)37-18-17-22-9-5-3-6-10-22)20-28-32(35)38-31(34-28)26-15-13-25(14-16-26)24-11-7-4-8-12-24/h3-16,19-21H,2,17-18H2,1H3/b28-20-. The maximum absolute atomic E-state index is 12.6. The predicted octanol–water partition coefficient (Wildman–Crippen LogP) is 7.48. The van der Waals surface area contributed by atoms with Gasteiger partial charge in [0.2, 0.25) is 5.90 Å². The number of carbonyl (C=O) groups excluding carboxylic acids is 1. The third kappa shape index (κ3) is 6.03. The van der Waals surface area contributed by atoms with Crippen molar-refractivity contribution in [2.75, 3.05) is 13.2 Å². The molecule has 4 aromatic rings. The summed E-state index contributed by atoms with van der Waals surface area (Å²) in [6, 6.07) is 31.8. The predicted molar refractivity (Wildman–Crippen MR) is 153 cm³/mol. The van der Waals surface area contributed by atoms with E-state index in [2.05, 4.69) is 45.2 Å². The Morgan fingerprint density at radius 1 is 0.842 bits per heavy atom. The van der Waals surface area contributed by atoms with Gasteiger partial charge in [0.1, 0.15) is 0 Å². The minimum absolute atomic E-state index is 0.222. The number of halogens is 1. The maximum Gasteiger partial charge on any atom is 0.363 e. The molecule has 0 spiro atoms. The molecule has 0 aliphatic carbocycles. The molecule has 0 amide bonds. The minimum atomic E-state index is -0.496. The topological polar surface area (TPSA) is 57.1 Å². The molecule has 0 unspecified atom stereocenters. The highest BCUT2D eigenvalue weighted by Crippen LogP contribution is 2.38. The lowest BCUT2D eigenvalue weighted by Crippen LogP contribution is -2.05. The highest BCUT2D eigenvalue weighted by molar-refractivity contribution is 9.10. The van der Waals surface area contributed by atoms with Gasteiger partial charge < -0.3 is 14.2 Å². The van der Waals surface area contributed by atoms with Gasteiger partial charge in [-0.05, 0) is 75.4 Å². The van der Waals surface area contributed by atoms with Crippen LogP contribution in [0.2, 0.25) is 0 Å². The average molecular weight is 568 g/mol. The smallest absolute Gasteiger partial charge is 0.363 e. The van der Waals surface area contributed by atoms with Crippen molar-refractivity contribution in [2.24, 2.45) is 4.99 Å². The van der Waals surface area contributed by atoms with Gasteiger partial charge in [-0.1, -0.05) is 72.8 Å². The zero-order valence-corrected chi connectivity index (χ0v) is 22.5. The first-order chi connectivity index (χ1) is 18.6. The molecule has 0 fully saturated rings. The zero-order valence-electron chi connectivity index (χ0n) is 20.9. The monoisotopic (exact) mass is 567 g/mol. The summed E-state index contributed by atoms with van der Waals surface area (Å²) >= 11 is 3.61. The fourth-order valence-electron chi connectivity index (χ4n) is 4.12. The molecule has 4 aromatic carbocycles. The lowest BCUT2D eigenvalue weighted by atomic mass is 10.0. The van der Waals surface area contributed by atoms with Gasteiger partial charge in [0.15, 0.2) is 17.2 Å². The van der Waals surface area contributed by atoms with Gasteiger partial charge in [0.05, 0.1) is 17.7 Å². The molecule has 6 heteroatoms. The van der Waals surface area contributed by atoms with Crippen molar-refractivity contribution in [1.29, 1.82) is 0 Å². The second-order valence-corrected chi connectivity index (χ2v) is 9.48. The lowest BCUT2D eigenvalue weighted by Gasteiger charge is -2.15. The van der Waals surface area contributed by atoms with Gasteiger partial charge in [-0.2, -0.15) is 0 Å². The minimum Gasteiger partial charge on any atom is -0.490 e. The van der Waals surface area contributed by atoms with Gasteiger partial charge in [-0.3, -0.25) is 0 Å². The number of aliphatic imine (C=N–C) groups is 1. The van der Waals surface area contributed by atoms with Crippen molar-refractivity contribution >= 4 is 33.9 Å². The van der Waals surface area contributed by atoms with Gasteiger partial charge in [-0.25, -0.2) is 9.79 Å². The highest BCUT2D eigenvalue weighted by atomic mass is 79.9. The molecule has 1 aliphatic heterocycles. The molecule has 38 heavy (non-hydrogen) atoms. The van der Waals surface area contributed by atoms with Crippen LogP contribution in [0.4, 0.5) is 0 Å². The fourth-order valence-corrected chi connectivity index (χ4v) is 4.69. The Labute approximate surface area is 230 Å². The molecule has 190 valence electrons. The Hall–Kier alpha value is -4.16. The lowest BCUT2D eigenvalue weighted by molar-refractivity contribution is -0.129. The summed E-state index contributed by atoms with van der Waals surface area (Å²) in [5, 5.41) is 0. The van der Waals surface area contributed by atoms with Crippen LogP contribution in [0.3, 0.4) is 0 Å². The molecule has 1 aliphatic rings. The van der Waals surface area contributed by atoms with Gasteiger partial charge >= 0.3 is 5.97 Å². The molecule has 0 saturated heterocycles. The SMILES string of the molecule is CCOc1cc(/C=C2\N=C(c3ccc(-c4ccccc4)cc3)OC2=O)cc(Br)c1OCCc1ccccc1. The van der Waals surface area contributed by atoms with Crippen LogP contribution in [0.15, 0.2) is 112 Å². The largest absolute Gasteiger partial charge is 0.490 e. The summed E-state index contributed by atoms with van der Waals surface area (Å²) in [5.74, 6) is 1.01. The second kappa shape index (κ2) is 11.9. The average Bonchev–Trinajstić information content (AvgIpc) is 3.31. The van der Waals surface area contributed by atoms with Crippen molar-refractivity contribution in [3.63, 3.8) is 0 Å². The molecule has 0 atom stereocenters. The number of carbonyl (C=O) groups is 1. The summed E-state index contributed by atoms with van der Waals surface area (Å²) < 4.78 is 18.1. The molecule has 1 heterocycles. The number of nitrogens with zero attached hydrogens (tertiary/aromatic N) is 1. The third-order valence-corrected chi connectivity index (χ3v) is 6.56. The Morgan fingerprint density at radius 3 is 2.21 bits per heavy atom. The number of cyclic esters (lactones) is 1. The number of hydrogen-bond acceptors (Lipinski definition) is 5. The molecule has 0 radical (unpaired) electrons. The third-order valence-electron chi connectivity index (χ3n) is 5.97. The van der Waals surface area contributed by atoms with E-state index in [0.717, 1.165) is 33.1 Å². The van der Waals surface area contributed by atoms with E-state index < -0.39 is 5.97 Å². The van der Waals surface area contributed by atoms with Crippen LogP contribution < -0.4 is 9.47 Å². The first-order valence-corrected chi connectivity index (χ1v) is 13.2. The second-order valence-electron chi connectivity index (χ2n) is 8.63. The van der Waals surface area contributed by atoms with Gasteiger partial charge in [0, 0.05) is 12.0 Å². The van der Waals surface area contributed by atoms with Crippen LogP contribution in [0.1, 0.15) is 23.6 Å². The van der Waals surface area contributed by atoms with E-state index in [9.17, 15) is 4.79 Å². The van der Waals surface area contributed by atoms with Crippen molar-refractivity contribution in [3.8, 4) is 22.6 Å². The molecular weight excluding hydrogens is 542 g/mol. The highest BCUT2D eigenvalue weighted by Gasteiger charge is 2.24. The molecule has 5 nitrogen and oxygen atoms in total. The quantitative estimate of drug-likeness (QED) is 0.155. The summed E-state index contributed by atoms with van der Waals surface area (Å²) in [7, 11) is 0. The van der Waals surface area contributed by atoms with Crippen LogP contribution >= 0.6 is 15.9 Å². The first-order valence-electron chi connectivity index (χ1n) is 12.4. The van der Waals surface area contributed by atoms with Crippen LogP contribution in [0, 0.1) is 0 Å². The zero-order chi connectivity index (χ0) is 26.3. The normalized spacial score (nSPS) is 13.8. The maximum atomic E-state index is 12.6.